The highest BCUT2D eigenvalue weighted by Gasteiger charge is 2.75. The molecular formula is C45H54N6O8. The van der Waals surface area contributed by atoms with Crippen molar-refractivity contribution in [3.63, 3.8) is 0 Å². The summed E-state index contributed by atoms with van der Waals surface area (Å²) in [5, 5.41) is 24.9. The number of fused-ring (bicyclic) bond motifs is 1. The minimum Gasteiger partial charge on any atom is -0.323 e. The third-order valence-electron chi connectivity index (χ3n) is 10.2. The first-order valence-electron chi connectivity index (χ1n) is 18.1. The topological polar surface area (TPSA) is 199 Å². The molecule has 0 aromatic heterocycles. The van der Waals surface area contributed by atoms with E-state index < -0.39 is 27.1 Å². The molecule has 2 heterocycles. The number of rotatable bonds is 12. The van der Waals surface area contributed by atoms with Crippen LogP contribution in [-0.2, 0) is 37.4 Å². The average molecular weight is 807 g/mol. The second kappa shape index (κ2) is 21.6. The van der Waals surface area contributed by atoms with Gasteiger partial charge in [-0.05, 0) is 49.3 Å². The maximum absolute atomic E-state index is 12.8. The molecule has 3 atom stereocenters. The molecule has 59 heavy (non-hydrogen) atoms. The summed E-state index contributed by atoms with van der Waals surface area (Å²) < 4.78 is 0. The molecule has 0 bridgehead atoms. The lowest BCUT2D eigenvalue weighted by Gasteiger charge is -2.23. The van der Waals surface area contributed by atoms with Gasteiger partial charge in [-0.15, -0.1) is 0 Å². The molecule has 7 rings (SSSR count). The quantitative estimate of drug-likeness (QED) is 0.0487. The number of carbonyl (C=O) groups is 4. The van der Waals surface area contributed by atoms with Gasteiger partial charge in [0.15, 0.2) is 0 Å². The molecule has 1 aliphatic carbocycles. The van der Waals surface area contributed by atoms with Gasteiger partial charge in [0.1, 0.15) is 0 Å². The van der Waals surface area contributed by atoms with Crippen molar-refractivity contribution < 1.29 is 29.0 Å². The molecule has 2 N–H and O–H groups in total. The van der Waals surface area contributed by atoms with E-state index in [-0.39, 0.29) is 57.3 Å². The van der Waals surface area contributed by atoms with Crippen molar-refractivity contribution in [1.29, 1.82) is 0 Å². The normalized spacial score (nSPS) is 18.5. The molecule has 1 unspecified atom stereocenters. The molecule has 0 radical (unpaired) electrons. The smallest absolute Gasteiger partial charge is 0.270 e. The second-order valence-corrected chi connectivity index (χ2v) is 13.7. The lowest BCUT2D eigenvalue weighted by molar-refractivity contribution is -0.385. The first-order valence-corrected chi connectivity index (χ1v) is 18.1. The van der Waals surface area contributed by atoms with Crippen molar-refractivity contribution in [3.8, 4) is 0 Å². The zero-order valence-corrected chi connectivity index (χ0v) is 31.0. The third-order valence-corrected chi connectivity index (χ3v) is 10.2. The van der Waals surface area contributed by atoms with E-state index in [0.717, 1.165) is 25.7 Å². The van der Waals surface area contributed by atoms with Crippen LogP contribution in [0.25, 0.3) is 0 Å². The van der Waals surface area contributed by atoms with Crippen LogP contribution >= 0.6 is 0 Å². The summed E-state index contributed by atoms with van der Waals surface area (Å²) in [6, 6.07) is 32.5. The Morgan fingerprint density at radius 1 is 0.661 bits per heavy atom. The summed E-state index contributed by atoms with van der Waals surface area (Å²) in [7, 11) is 0. The van der Waals surface area contributed by atoms with Crippen LogP contribution in [0.2, 0.25) is 0 Å². The zero-order chi connectivity index (χ0) is 40.4. The molecule has 1 saturated heterocycles. The van der Waals surface area contributed by atoms with Crippen molar-refractivity contribution >= 4 is 40.7 Å². The molecule has 2 aliphatic heterocycles. The minimum atomic E-state index is -0.629. The van der Waals surface area contributed by atoms with Gasteiger partial charge in [0.25, 0.3) is 23.2 Å². The fraction of sp³-hybridized carbons (Fsp3) is 0.311. The molecule has 4 aromatic rings. The molecule has 14 nitrogen and oxygen atoms in total. The van der Waals surface area contributed by atoms with Crippen molar-refractivity contribution in [2.45, 2.75) is 67.2 Å². The van der Waals surface area contributed by atoms with Crippen molar-refractivity contribution in [2.24, 2.45) is 22.8 Å². The summed E-state index contributed by atoms with van der Waals surface area (Å²) in [5.74, 6) is 3.56. The Bertz CT molecular complexity index is 2130. The lowest BCUT2D eigenvalue weighted by atomic mass is 9.91. The van der Waals surface area contributed by atoms with Crippen LogP contribution < -0.4 is 5.84 Å². The number of piperidine rings is 1. The summed E-state index contributed by atoms with van der Waals surface area (Å²) in [6.07, 6.45) is 5.89. The summed E-state index contributed by atoms with van der Waals surface area (Å²) in [5.41, 5.74) is 3.74. The van der Waals surface area contributed by atoms with E-state index >= 15 is 0 Å². The van der Waals surface area contributed by atoms with Gasteiger partial charge >= 0.3 is 0 Å². The van der Waals surface area contributed by atoms with Gasteiger partial charge in [-0.1, -0.05) is 114 Å². The van der Waals surface area contributed by atoms with Gasteiger partial charge in [-0.2, -0.15) is 5.10 Å². The molecular weight excluding hydrogens is 753 g/mol. The number of hydrogen-bond donors (Lipinski definition) is 1. The van der Waals surface area contributed by atoms with E-state index in [0.29, 0.717) is 29.9 Å². The van der Waals surface area contributed by atoms with Gasteiger partial charge in [0.05, 0.1) is 27.4 Å². The molecule has 14 heteroatoms. The maximum Gasteiger partial charge on any atom is 0.270 e. The number of carbonyl (C=O) groups excluding carboxylic acids is 4. The standard InChI is InChI=1S/C21H20N2O4.C13H13NO2.C8H9N3O2.3CH4/c1-21(15-10-5-11-16(13-15)23(26)27)17-18(21)20(25)22(19(17)24)12-6-9-14-7-3-2-4-8-14;15-12-8-9-13(16)14(12)10-4-7-11-5-2-1-3-6-11;1-6(10-9)7-3-2-4-8(5-7)11(12)13;;;/h2-5,7-8,10-11,13,17-18H,6,9,12H2,1H3;1-3,5-6,8-9H,4,7,10H2;2-5H,9H2,1H3;3*1H4/t17-,18+,21?;;;;;. The molecule has 4 amide bonds. The van der Waals surface area contributed by atoms with Gasteiger partial charge < -0.3 is 5.84 Å². The highest BCUT2D eigenvalue weighted by molar-refractivity contribution is 6.13. The van der Waals surface area contributed by atoms with Crippen LogP contribution in [0.5, 0.6) is 0 Å². The van der Waals surface area contributed by atoms with Gasteiger partial charge in [-0.3, -0.25) is 49.2 Å². The van der Waals surface area contributed by atoms with Gasteiger partial charge in [-0.25, -0.2) is 0 Å². The van der Waals surface area contributed by atoms with E-state index in [1.54, 1.807) is 31.2 Å². The number of nitrogens with two attached hydrogens (primary N) is 1. The number of nitro groups is 2. The van der Waals surface area contributed by atoms with Crippen LogP contribution in [-0.4, -0.2) is 62.1 Å². The van der Waals surface area contributed by atoms with E-state index in [9.17, 15) is 39.4 Å². The van der Waals surface area contributed by atoms with E-state index in [4.69, 9.17) is 5.84 Å². The Morgan fingerprint density at radius 2 is 1.10 bits per heavy atom. The highest BCUT2D eigenvalue weighted by atomic mass is 16.6. The number of hydrazone groups is 1. The summed E-state index contributed by atoms with van der Waals surface area (Å²) in [4.78, 5) is 71.2. The van der Waals surface area contributed by atoms with Gasteiger partial charge in [0, 0.05) is 60.5 Å². The van der Waals surface area contributed by atoms with E-state index in [2.05, 4.69) is 5.10 Å². The van der Waals surface area contributed by atoms with E-state index in [1.165, 1.54) is 57.3 Å². The predicted molar refractivity (Wildman–Crippen MR) is 229 cm³/mol. The van der Waals surface area contributed by atoms with Crippen LogP contribution in [0, 0.1) is 32.1 Å². The zero-order valence-electron chi connectivity index (χ0n) is 31.0. The second-order valence-electron chi connectivity index (χ2n) is 13.7. The molecule has 312 valence electrons. The first kappa shape index (κ1) is 48.3. The maximum atomic E-state index is 12.8. The van der Waals surface area contributed by atoms with Crippen molar-refractivity contribution in [2.75, 3.05) is 13.1 Å². The number of hydrogen-bond acceptors (Lipinski definition) is 10. The Morgan fingerprint density at radius 3 is 1.56 bits per heavy atom. The largest absolute Gasteiger partial charge is 0.323 e. The Labute approximate surface area is 345 Å². The number of aryl methyl sites for hydroxylation is 2. The molecule has 1 saturated carbocycles. The monoisotopic (exact) mass is 806 g/mol. The molecule has 2 fully saturated rings. The SMILES string of the molecule is C.C.C.CC(=NN)c1cccc([N+](=O)[O-])c1.CC1(c2cccc([N+](=O)[O-])c2)[C@@H]2C(=O)N(CCCc3ccccc3)C(=O)[C@@H]21.O=C1C=CC(=O)N1CCCc1ccccc1. The van der Waals surface area contributed by atoms with Crippen molar-refractivity contribution in [3.05, 3.63) is 164 Å². The summed E-state index contributed by atoms with van der Waals surface area (Å²) in [6.45, 7) is 4.47. The Hall–Kier alpha value is -6.83. The number of likely N-dealkylation sites (tertiary alicyclic amines) is 1. The van der Waals surface area contributed by atoms with E-state index in [1.807, 2.05) is 67.6 Å². The predicted octanol–water partition coefficient (Wildman–Crippen LogP) is 7.83. The Kier molecular flexibility index (Phi) is 17.7. The fourth-order valence-electron chi connectivity index (χ4n) is 7.03. The Balaban J connectivity index is 0.000000323. The number of nitrogens with zero attached hydrogens (tertiary/aromatic N) is 5. The number of amides is 4. The van der Waals surface area contributed by atoms with Crippen molar-refractivity contribution in [1.82, 2.24) is 9.80 Å². The first-order chi connectivity index (χ1) is 26.9. The number of non-ortho nitro benzene ring substituents is 2. The number of benzene rings is 4. The average Bonchev–Trinajstić information content (AvgIpc) is 3.62. The van der Waals surface area contributed by atoms with Crippen LogP contribution in [0.1, 0.15) is 71.2 Å². The molecule has 4 aromatic carbocycles. The number of imide groups is 2. The summed E-state index contributed by atoms with van der Waals surface area (Å²) >= 11 is 0. The molecule has 0 spiro atoms. The van der Waals surface area contributed by atoms with Gasteiger partial charge in [0.2, 0.25) is 11.8 Å². The molecule has 3 aliphatic rings. The minimum absolute atomic E-state index is 0. The van der Waals surface area contributed by atoms with Crippen LogP contribution in [0.4, 0.5) is 11.4 Å². The lowest BCUT2D eigenvalue weighted by Crippen LogP contribution is -2.38. The van der Waals surface area contributed by atoms with Crippen LogP contribution in [0.15, 0.2) is 126 Å². The number of nitro benzene ring substituents is 2. The highest BCUT2D eigenvalue weighted by Crippen LogP contribution is 2.64. The van der Waals surface area contributed by atoms with Crippen LogP contribution in [0.3, 0.4) is 0 Å². The fourth-order valence-corrected chi connectivity index (χ4v) is 7.03. The third kappa shape index (κ3) is 11.4.